The first-order valence-corrected chi connectivity index (χ1v) is 17.7. The van der Waals surface area contributed by atoms with Gasteiger partial charge in [-0.3, -0.25) is 9.69 Å². The second kappa shape index (κ2) is 11.5. The first kappa shape index (κ1) is 32.9. The van der Waals surface area contributed by atoms with Gasteiger partial charge in [0, 0.05) is 43.6 Å². The number of anilines is 3. The quantitative estimate of drug-likeness (QED) is 0.300. The molecule has 11 heteroatoms. The first-order chi connectivity index (χ1) is 20.2. The number of aryl methyl sites for hydroxylation is 2. The van der Waals surface area contributed by atoms with Crippen LogP contribution in [0.4, 0.5) is 22.1 Å². The van der Waals surface area contributed by atoms with E-state index in [9.17, 15) is 14.9 Å². The Morgan fingerprint density at radius 1 is 1.18 bits per heavy atom. The number of hydrogen-bond donors (Lipinski definition) is 1. The molecule has 0 bridgehead atoms. The Bertz CT molecular complexity index is 1700. The minimum absolute atomic E-state index is 0.00202. The summed E-state index contributed by atoms with van der Waals surface area (Å²) in [6.07, 6.45) is 2.86. The van der Waals surface area contributed by atoms with Crippen molar-refractivity contribution in [1.29, 1.82) is 5.26 Å². The summed E-state index contributed by atoms with van der Waals surface area (Å²) in [7, 11) is -0.448. The van der Waals surface area contributed by atoms with Crippen molar-refractivity contribution in [2.75, 3.05) is 23.4 Å². The van der Waals surface area contributed by atoms with Gasteiger partial charge in [0.15, 0.2) is 8.32 Å². The molecule has 1 aliphatic rings. The standard InChI is InChI=1S/C33H44N6O4Si/c1-21-14-26(28(40)38(9)18-21)37-29-35-13-12-25(36-29)22-15-23(17-34)27-24(16-22)33(8,20-42-44(10,11)32(5,6)7)19-39(27)30(41)43-31(2,3)4/h12-16,18H,19-20H2,1-11H3,(H,35,36,37)/t33-/m1/s1. The lowest BCUT2D eigenvalue weighted by Gasteiger charge is -2.39. The average Bonchev–Trinajstić information content (AvgIpc) is 3.21. The summed E-state index contributed by atoms with van der Waals surface area (Å²) in [5.74, 6) is 0.253. The lowest BCUT2D eigenvalue weighted by Crippen LogP contribution is -2.46. The van der Waals surface area contributed by atoms with Crippen molar-refractivity contribution >= 4 is 31.7 Å². The molecule has 0 saturated heterocycles. The molecule has 0 radical (unpaired) electrons. The van der Waals surface area contributed by atoms with Crippen molar-refractivity contribution < 1.29 is 14.0 Å². The normalized spacial score (nSPS) is 16.8. The summed E-state index contributed by atoms with van der Waals surface area (Å²) < 4.78 is 14.0. The van der Waals surface area contributed by atoms with Crippen LogP contribution in [0.1, 0.15) is 65.2 Å². The Hall–Kier alpha value is -4.01. The molecular weight excluding hydrogens is 572 g/mol. The second-order valence-electron chi connectivity index (χ2n) is 14.4. The van der Waals surface area contributed by atoms with Crippen LogP contribution >= 0.6 is 0 Å². The van der Waals surface area contributed by atoms with Crippen LogP contribution in [0.2, 0.25) is 18.1 Å². The van der Waals surface area contributed by atoms with Crippen LogP contribution in [0.25, 0.3) is 11.3 Å². The van der Waals surface area contributed by atoms with Gasteiger partial charge in [0.2, 0.25) is 5.95 Å². The van der Waals surface area contributed by atoms with Crippen LogP contribution in [0.5, 0.6) is 0 Å². The van der Waals surface area contributed by atoms with Crippen molar-refractivity contribution in [2.24, 2.45) is 7.05 Å². The van der Waals surface area contributed by atoms with Crippen LogP contribution < -0.4 is 15.8 Å². The molecule has 44 heavy (non-hydrogen) atoms. The Labute approximate surface area is 261 Å². The van der Waals surface area contributed by atoms with E-state index >= 15 is 0 Å². The number of nitrogens with one attached hydrogen (secondary N) is 1. The fraction of sp³-hybridized carbons (Fsp3) is 0.485. The molecule has 1 atom stereocenters. The fourth-order valence-corrected chi connectivity index (χ4v) is 6.07. The predicted octanol–water partition coefficient (Wildman–Crippen LogP) is 6.80. The molecule has 10 nitrogen and oxygen atoms in total. The van der Waals surface area contributed by atoms with E-state index in [-0.39, 0.29) is 16.5 Å². The maximum Gasteiger partial charge on any atom is 0.414 e. The number of nitriles is 1. The van der Waals surface area contributed by atoms with E-state index in [0.29, 0.717) is 41.3 Å². The van der Waals surface area contributed by atoms with Crippen LogP contribution in [0.3, 0.4) is 0 Å². The summed E-state index contributed by atoms with van der Waals surface area (Å²) in [6.45, 7) is 21.1. The number of amides is 1. The number of nitrogens with zero attached hydrogens (tertiary/aromatic N) is 5. The van der Waals surface area contributed by atoms with Crippen LogP contribution in [-0.2, 0) is 21.6 Å². The highest BCUT2D eigenvalue weighted by Crippen LogP contribution is 2.47. The van der Waals surface area contributed by atoms with E-state index < -0.39 is 25.4 Å². The Morgan fingerprint density at radius 3 is 2.48 bits per heavy atom. The number of aromatic nitrogens is 3. The molecule has 0 aliphatic carbocycles. The minimum Gasteiger partial charge on any atom is -0.443 e. The third-order valence-corrected chi connectivity index (χ3v) is 12.8. The summed E-state index contributed by atoms with van der Waals surface area (Å²) >= 11 is 0. The predicted molar refractivity (Wildman–Crippen MR) is 176 cm³/mol. The molecule has 1 N–H and O–H groups in total. The molecular formula is C33H44N6O4Si. The zero-order valence-corrected chi connectivity index (χ0v) is 28.7. The van der Waals surface area contributed by atoms with E-state index in [1.165, 1.54) is 4.57 Å². The van der Waals surface area contributed by atoms with E-state index in [1.807, 2.05) is 33.8 Å². The van der Waals surface area contributed by atoms with Gasteiger partial charge in [0.05, 0.1) is 16.9 Å². The molecule has 1 amide bonds. The van der Waals surface area contributed by atoms with Gasteiger partial charge >= 0.3 is 6.09 Å². The fourth-order valence-electron chi connectivity index (χ4n) is 4.95. The number of ether oxygens (including phenoxy) is 1. The highest BCUT2D eigenvalue weighted by atomic mass is 28.4. The Kier molecular flexibility index (Phi) is 8.59. The van der Waals surface area contributed by atoms with Crippen molar-refractivity contribution in [3.63, 3.8) is 0 Å². The third kappa shape index (κ3) is 6.71. The smallest absolute Gasteiger partial charge is 0.414 e. The molecule has 1 aromatic carbocycles. The zero-order valence-electron chi connectivity index (χ0n) is 27.7. The van der Waals surface area contributed by atoms with Crippen LogP contribution in [0.15, 0.2) is 41.5 Å². The van der Waals surface area contributed by atoms with Gasteiger partial charge in [0.25, 0.3) is 5.56 Å². The second-order valence-corrected chi connectivity index (χ2v) is 19.3. The lowest BCUT2D eigenvalue weighted by molar-refractivity contribution is 0.0575. The SMILES string of the molecule is Cc1cc(Nc2nccc(-c3cc(C#N)c4c(c3)[C@@](C)(CO[Si](C)(C)C(C)(C)C)CN4C(=O)OC(C)(C)C)n2)c(=O)n(C)c1. The number of carbonyl (C=O) groups is 1. The van der Waals surface area contributed by atoms with Gasteiger partial charge < -0.3 is 19.0 Å². The van der Waals surface area contributed by atoms with Gasteiger partial charge in [-0.05, 0) is 81.2 Å². The number of rotatable bonds is 6. The van der Waals surface area contributed by atoms with Crippen molar-refractivity contribution in [2.45, 2.75) is 84.5 Å². The molecule has 4 rings (SSSR count). The van der Waals surface area contributed by atoms with E-state index in [1.54, 1.807) is 42.5 Å². The van der Waals surface area contributed by atoms with Crippen molar-refractivity contribution in [3.05, 3.63) is 63.7 Å². The van der Waals surface area contributed by atoms with Gasteiger partial charge in [-0.15, -0.1) is 0 Å². The number of fused-ring (bicyclic) bond motifs is 1. The highest BCUT2D eigenvalue weighted by molar-refractivity contribution is 6.74. The minimum atomic E-state index is -2.14. The van der Waals surface area contributed by atoms with Crippen LogP contribution in [0, 0.1) is 18.3 Å². The monoisotopic (exact) mass is 616 g/mol. The molecule has 1 aliphatic heterocycles. The number of benzene rings is 1. The maximum atomic E-state index is 13.5. The van der Waals surface area contributed by atoms with E-state index in [0.717, 1.165) is 11.1 Å². The third-order valence-electron chi connectivity index (χ3n) is 8.35. The molecule has 0 fully saturated rings. The van der Waals surface area contributed by atoms with Crippen LogP contribution in [-0.4, -0.2) is 47.7 Å². The number of hydrogen-bond acceptors (Lipinski definition) is 8. The Balaban J connectivity index is 1.81. The zero-order chi connectivity index (χ0) is 32.8. The van der Waals surface area contributed by atoms with Gasteiger partial charge in [-0.1, -0.05) is 27.7 Å². The van der Waals surface area contributed by atoms with Gasteiger partial charge in [0.1, 0.15) is 17.4 Å². The summed E-state index contributed by atoms with van der Waals surface area (Å²) in [5.41, 5.74) is 2.68. The summed E-state index contributed by atoms with van der Waals surface area (Å²) in [6, 6.07) is 9.53. The summed E-state index contributed by atoms with van der Waals surface area (Å²) in [5, 5.41) is 13.4. The summed E-state index contributed by atoms with van der Waals surface area (Å²) in [4.78, 5) is 36.8. The number of pyridine rings is 1. The lowest BCUT2D eigenvalue weighted by atomic mass is 9.83. The molecule has 2 aromatic heterocycles. The molecule has 0 saturated carbocycles. The first-order valence-electron chi connectivity index (χ1n) is 14.8. The number of carbonyl (C=O) groups excluding carboxylic acids is 1. The molecule has 0 unspecified atom stereocenters. The highest BCUT2D eigenvalue weighted by Gasteiger charge is 2.47. The average molecular weight is 617 g/mol. The Morgan fingerprint density at radius 2 is 1.86 bits per heavy atom. The topological polar surface area (TPSA) is 122 Å². The van der Waals surface area contributed by atoms with E-state index in [2.05, 4.69) is 57.2 Å². The molecule has 0 spiro atoms. The van der Waals surface area contributed by atoms with Gasteiger partial charge in [-0.25, -0.2) is 14.8 Å². The van der Waals surface area contributed by atoms with Gasteiger partial charge in [-0.2, -0.15) is 5.26 Å². The maximum absolute atomic E-state index is 13.5. The molecule has 3 aromatic rings. The molecule has 3 heterocycles. The van der Waals surface area contributed by atoms with Crippen molar-refractivity contribution in [3.8, 4) is 17.3 Å². The van der Waals surface area contributed by atoms with E-state index in [4.69, 9.17) is 14.1 Å². The largest absolute Gasteiger partial charge is 0.443 e. The molecule has 234 valence electrons. The van der Waals surface area contributed by atoms with Crippen molar-refractivity contribution in [1.82, 2.24) is 14.5 Å².